The number of carbonyl (C=O) groups is 1. The summed E-state index contributed by atoms with van der Waals surface area (Å²) < 4.78 is 0.991. The summed E-state index contributed by atoms with van der Waals surface area (Å²) >= 11 is 3.39. The number of hydrogen-bond donors (Lipinski definition) is 2. The molecule has 0 aliphatic rings. The van der Waals surface area contributed by atoms with E-state index in [1.807, 2.05) is 56.3 Å². The molecule has 3 nitrogen and oxygen atoms in total. The molecule has 0 aliphatic carbocycles. The maximum Gasteiger partial charge on any atom is 0.244 e. The molecule has 104 valence electrons. The van der Waals surface area contributed by atoms with Crippen LogP contribution < -0.4 is 11.1 Å². The van der Waals surface area contributed by atoms with Crippen LogP contribution in [0.4, 0.5) is 5.69 Å². The van der Waals surface area contributed by atoms with Crippen molar-refractivity contribution < 1.29 is 4.79 Å². The monoisotopic (exact) mass is 332 g/mol. The largest absolute Gasteiger partial charge is 0.370 e. The summed E-state index contributed by atoms with van der Waals surface area (Å²) in [6.07, 6.45) is 0. The Morgan fingerprint density at radius 3 is 2.15 bits per heavy atom. The molecule has 2 aromatic rings. The summed E-state index contributed by atoms with van der Waals surface area (Å²) in [6, 6.07) is 13.1. The van der Waals surface area contributed by atoms with Gasteiger partial charge in [-0.15, -0.1) is 0 Å². The number of hydrogen-bond acceptors (Lipinski definition) is 2. The number of primary amides is 1. The van der Waals surface area contributed by atoms with Crippen LogP contribution in [-0.2, 0) is 4.79 Å². The van der Waals surface area contributed by atoms with E-state index in [0.717, 1.165) is 26.9 Å². The summed E-state index contributed by atoms with van der Waals surface area (Å²) in [6.45, 7) is 3.98. The van der Waals surface area contributed by atoms with Crippen molar-refractivity contribution in [1.29, 1.82) is 0 Å². The minimum atomic E-state index is -0.530. The first-order valence-corrected chi connectivity index (χ1v) is 7.16. The van der Waals surface area contributed by atoms with Crippen LogP contribution in [0, 0.1) is 13.8 Å². The lowest BCUT2D eigenvalue weighted by molar-refractivity contribution is -0.118. The Hall–Kier alpha value is -1.81. The molecule has 1 amide bonds. The topological polar surface area (TPSA) is 55.1 Å². The van der Waals surface area contributed by atoms with Gasteiger partial charge in [0.05, 0.1) is 0 Å². The molecule has 20 heavy (non-hydrogen) atoms. The third kappa shape index (κ3) is 3.20. The Kier molecular flexibility index (Phi) is 4.45. The second kappa shape index (κ2) is 6.09. The molecule has 0 aliphatic heterocycles. The molecule has 0 aromatic heterocycles. The normalized spacial score (nSPS) is 11.9. The number of aryl methyl sites for hydroxylation is 2. The minimum Gasteiger partial charge on any atom is -0.370 e. The number of nitrogens with one attached hydrogen (secondary N) is 1. The van der Waals surface area contributed by atoms with Crippen molar-refractivity contribution in [3.05, 3.63) is 63.6 Å². The zero-order chi connectivity index (χ0) is 14.7. The third-order valence-corrected chi connectivity index (χ3v) is 3.80. The molecule has 2 aromatic carbocycles. The Balaban J connectivity index is 2.37. The van der Waals surface area contributed by atoms with Crippen LogP contribution in [-0.4, -0.2) is 5.91 Å². The van der Waals surface area contributed by atoms with E-state index in [0.29, 0.717) is 0 Å². The fraction of sp³-hybridized carbons (Fsp3) is 0.188. The lowest BCUT2D eigenvalue weighted by Crippen LogP contribution is -2.29. The van der Waals surface area contributed by atoms with Gasteiger partial charge >= 0.3 is 0 Å². The highest BCUT2D eigenvalue weighted by Gasteiger charge is 2.21. The number of rotatable bonds is 4. The minimum absolute atomic E-state index is 0.384. The van der Waals surface area contributed by atoms with Gasteiger partial charge in [0.2, 0.25) is 5.91 Å². The molecule has 1 unspecified atom stereocenters. The van der Waals surface area contributed by atoms with Crippen LogP contribution in [0.15, 0.2) is 46.9 Å². The van der Waals surface area contributed by atoms with E-state index in [1.165, 1.54) is 0 Å². The summed E-state index contributed by atoms with van der Waals surface area (Å²) in [5, 5.41) is 3.21. The Labute approximate surface area is 127 Å². The Morgan fingerprint density at radius 2 is 1.65 bits per heavy atom. The van der Waals surface area contributed by atoms with E-state index in [-0.39, 0.29) is 5.91 Å². The predicted molar refractivity (Wildman–Crippen MR) is 85.6 cm³/mol. The summed E-state index contributed by atoms with van der Waals surface area (Å²) in [4.78, 5) is 11.8. The molecule has 3 N–H and O–H groups in total. The number of amides is 1. The van der Waals surface area contributed by atoms with Gasteiger partial charge in [0.15, 0.2) is 0 Å². The van der Waals surface area contributed by atoms with Gasteiger partial charge in [0.25, 0.3) is 0 Å². The van der Waals surface area contributed by atoms with Gasteiger partial charge in [-0.1, -0.05) is 34.1 Å². The van der Waals surface area contributed by atoms with Crippen LogP contribution >= 0.6 is 15.9 Å². The number of anilines is 1. The average Bonchev–Trinajstić information content (AvgIpc) is 2.39. The van der Waals surface area contributed by atoms with E-state index in [2.05, 4.69) is 21.2 Å². The van der Waals surface area contributed by atoms with Crippen LogP contribution in [0.3, 0.4) is 0 Å². The first kappa shape index (κ1) is 14.6. The van der Waals surface area contributed by atoms with Gasteiger partial charge in [0.1, 0.15) is 6.04 Å². The van der Waals surface area contributed by atoms with E-state index in [9.17, 15) is 4.79 Å². The zero-order valence-electron chi connectivity index (χ0n) is 11.5. The van der Waals surface area contributed by atoms with Gasteiger partial charge in [-0.05, 0) is 54.8 Å². The number of halogens is 1. The smallest absolute Gasteiger partial charge is 0.244 e. The summed E-state index contributed by atoms with van der Waals surface area (Å²) in [5.74, 6) is -0.384. The van der Waals surface area contributed by atoms with Gasteiger partial charge in [-0.2, -0.15) is 0 Å². The van der Waals surface area contributed by atoms with Gasteiger partial charge in [-0.3, -0.25) is 4.79 Å². The lowest BCUT2D eigenvalue weighted by atomic mass is 9.95. The molecule has 0 bridgehead atoms. The van der Waals surface area contributed by atoms with Crippen molar-refractivity contribution in [2.75, 3.05) is 5.32 Å². The number of nitrogens with two attached hydrogens (primary N) is 1. The highest BCUT2D eigenvalue weighted by Crippen LogP contribution is 2.26. The molecule has 4 heteroatoms. The maximum absolute atomic E-state index is 11.8. The summed E-state index contributed by atoms with van der Waals surface area (Å²) in [7, 11) is 0. The first-order valence-electron chi connectivity index (χ1n) is 6.36. The molecule has 0 radical (unpaired) electrons. The second-order valence-electron chi connectivity index (χ2n) is 4.79. The number of carbonyl (C=O) groups excluding carboxylic acids is 1. The molecule has 0 fully saturated rings. The van der Waals surface area contributed by atoms with Gasteiger partial charge in [-0.25, -0.2) is 0 Å². The SMILES string of the molecule is Cc1cccc(C)c1C(Nc1ccc(Br)cc1)C(N)=O. The average molecular weight is 333 g/mol. The lowest BCUT2D eigenvalue weighted by Gasteiger charge is -2.21. The molecule has 2 rings (SSSR count). The van der Waals surface area contributed by atoms with E-state index in [4.69, 9.17) is 5.73 Å². The number of benzene rings is 2. The van der Waals surface area contributed by atoms with E-state index in [1.54, 1.807) is 0 Å². The predicted octanol–water partition coefficient (Wildman–Crippen LogP) is 3.70. The second-order valence-corrected chi connectivity index (χ2v) is 5.71. The fourth-order valence-electron chi connectivity index (χ4n) is 2.28. The Morgan fingerprint density at radius 1 is 1.10 bits per heavy atom. The van der Waals surface area contributed by atoms with E-state index < -0.39 is 6.04 Å². The molecule has 1 atom stereocenters. The van der Waals surface area contributed by atoms with Crippen molar-refractivity contribution in [2.24, 2.45) is 5.73 Å². The zero-order valence-corrected chi connectivity index (χ0v) is 13.1. The molecule has 0 heterocycles. The van der Waals surface area contributed by atoms with Crippen LogP contribution in [0.2, 0.25) is 0 Å². The standard InChI is InChI=1S/C16H17BrN2O/c1-10-4-3-5-11(2)14(10)15(16(18)20)19-13-8-6-12(17)7-9-13/h3-9,15,19H,1-2H3,(H2,18,20). The highest BCUT2D eigenvalue weighted by atomic mass is 79.9. The van der Waals surface area contributed by atoms with Gasteiger partial charge < -0.3 is 11.1 Å². The van der Waals surface area contributed by atoms with Crippen molar-refractivity contribution in [3.8, 4) is 0 Å². The van der Waals surface area contributed by atoms with Crippen LogP contribution in [0.25, 0.3) is 0 Å². The highest BCUT2D eigenvalue weighted by molar-refractivity contribution is 9.10. The van der Waals surface area contributed by atoms with Crippen molar-refractivity contribution in [1.82, 2.24) is 0 Å². The first-order chi connectivity index (χ1) is 9.49. The molecular weight excluding hydrogens is 316 g/mol. The Bertz CT molecular complexity index is 603. The fourth-order valence-corrected chi connectivity index (χ4v) is 2.55. The molecule has 0 saturated heterocycles. The molecular formula is C16H17BrN2O. The third-order valence-electron chi connectivity index (χ3n) is 3.27. The van der Waals surface area contributed by atoms with Crippen LogP contribution in [0.1, 0.15) is 22.7 Å². The van der Waals surface area contributed by atoms with Crippen LogP contribution in [0.5, 0.6) is 0 Å². The van der Waals surface area contributed by atoms with E-state index >= 15 is 0 Å². The van der Waals surface area contributed by atoms with Gasteiger partial charge in [0, 0.05) is 10.2 Å². The summed E-state index contributed by atoms with van der Waals surface area (Å²) in [5.41, 5.74) is 9.49. The van der Waals surface area contributed by atoms with Crippen molar-refractivity contribution in [2.45, 2.75) is 19.9 Å². The molecule has 0 spiro atoms. The quantitative estimate of drug-likeness (QED) is 0.896. The maximum atomic E-state index is 11.8. The van der Waals surface area contributed by atoms with Crippen molar-refractivity contribution >= 4 is 27.5 Å². The van der Waals surface area contributed by atoms with Crippen molar-refractivity contribution in [3.63, 3.8) is 0 Å². The molecule has 0 saturated carbocycles.